The van der Waals surface area contributed by atoms with Crippen LogP contribution in [0.25, 0.3) is 11.3 Å². The molecule has 0 aliphatic carbocycles. The molecule has 1 amide bonds. The molecular weight excluding hydrogens is 493 g/mol. The van der Waals surface area contributed by atoms with Crippen molar-refractivity contribution in [2.24, 2.45) is 4.99 Å². The second-order valence-corrected chi connectivity index (χ2v) is 6.44. The molecule has 0 unspecified atom stereocenters. The Balaban J connectivity index is 0.00000320. The van der Waals surface area contributed by atoms with Crippen molar-refractivity contribution in [3.63, 3.8) is 0 Å². The molecule has 2 aromatic heterocycles. The van der Waals surface area contributed by atoms with Gasteiger partial charge in [0, 0.05) is 39.6 Å². The standard InChI is InChI=1S/C21H25N7O.HI/c1-22-21(25-12-11-24-20(29)17-9-6-10-23-13-17)28(2)15-19-26-14-18(27-19)16-7-4-3-5-8-16;/h3-10,13-14H,11-12,15H2,1-2H3,(H,22,25)(H,24,29)(H,26,27);1H. The normalized spacial score (nSPS) is 10.8. The maximum atomic E-state index is 12.0. The third-order valence-corrected chi connectivity index (χ3v) is 4.29. The summed E-state index contributed by atoms with van der Waals surface area (Å²) in [5, 5.41) is 6.09. The number of nitrogens with one attached hydrogen (secondary N) is 3. The lowest BCUT2D eigenvalue weighted by Crippen LogP contribution is -2.42. The van der Waals surface area contributed by atoms with E-state index in [1.165, 1.54) is 0 Å². The zero-order valence-corrected chi connectivity index (χ0v) is 19.3. The number of hydrogen-bond acceptors (Lipinski definition) is 4. The third kappa shape index (κ3) is 6.55. The van der Waals surface area contributed by atoms with E-state index in [0.29, 0.717) is 25.2 Å². The summed E-state index contributed by atoms with van der Waals surface area (Å²) < 4.78 is 0. The summed E-state index contributed by atoms with van der Waals surface area (Å²) in [5.74, 6) is 1.42. The largest absolute Gasteiger partial charge is 0.354 e. The summed E-state index contributed by atoms with van der Waals surface area (Å²) in [5.41, 5.74) is 2.62. The Morgan fingerprint density at radius 1 is 1.10 bits per heavy atom. The lowest BCUT2D eigenvalue weighted by molar-refractivity contribution is 0.0954. The van der Waals surface area contributed by atoms with Crippen LogP contribution in [0.3, 0.4) is 0 Å². The Hall–Kier alpha value is -2.95. The fourth-order valence-electron chi connectivity index (χ4n) is 2.84. The number of benzene rings is 1. The fourth-order valence-corrected chi connectivity index (χ4v) is 2.84. The van der Waals surface area contributed by atoms with Gasteiger partial charge in [-0.1, -0.05) is 30.3 Å². The first kappa shape index (κ1) is 23.3. The monoisotopic (exact) mass is 519 g/mol. The van der Waals surface area contributed by atoms with Crippen LogP contribution in [0.15, 0.2) is 66.0 Å². The Morgan fingerprint density at radius 2 is 1.87 bits per heavy atom. The second kappa shape index (κ2) is 11.9. The zero-order valence-electron chi connectivity index (χ0n) is 17.0. The summed E-state index contributed by atoms with van der Waals surface area (Å²) in [6.45, 7) is 1.60. The number of carbonyl (C=O) groups is 1. The van der Waals surface area contributed by atoms with Crippen LogP contribution in [0.1, 0.15) is 16.2 Å². The minimum absolute atomic E-state index is 0. The highest BCUT2D eigenvalue weighted by Gasteiger charge is 2.10. The average molecular weight is 519 g/mol. The number of imidazole rings is 1. The number of pyridine rings is 1. The molecule has 0 saturated heterocycles. The van der Waals surface area contributed by atoms with Gasteiger partial charge in [-0.2, -0.15) is 0 Å². The molecule has 9 heteroatoms. The summed E-state index contributed by atoms with van der Waals surface area (Å²) in [6.07, 6.45) is 5.02. The van der Waals surface area contributed by atoms with E-state index in [1.807, 2.05) is 48.5 Å². The van der Waals surface area contributed by atoms with Crippen LogP contribution in [0.5, 0.6) is 0 Å². The predicted molar refractivity (Wildman–Crippen MR) is 129 cm³/mol. The number of aromatic amines is 1. The van der Waals surface area contributed by atoms with E-state index < -0.39 is 0 Å². The van der Waals surface area contributed by atoms with Crippen molar-refractivity contribution < 1.29 is 4.79 Å². The number of aliphatic imine (C=N–C) groups is 1. The van der Waals surface area contributed by atoms with Gasteiger partial charge < -0.3 is 20.5 Å². The van der Waals surface area contributed by atoms with E-state index in [0.717, 1.165) is 23.0 Å². The van der Waals surface area contributed by atoms with E-state index in [9.17, 15) is 4.79 Å². The average Bonchev–Trinajstić information content (AvgIpc) is 3.23. The molecule has 30 heavy (non-hydrogen) atoms. The van der Waals surface area contributed by atoms with Crippen molar-refractivity contribution in [1.82, 2.24) is 30.5 Å². The van der Waals surface area contributed by atoms with Crippen molar-refractivity contribution in [1.29, 1.82) is 0 Å². The van der Waals surface area contributed by atoms with Crippen molar-refractivity contribution in [3.8, 4) is 11.3 Å². The SMILES string of the molecule is CN=C(NCCNC(=O)c1cccnc1)N(C)Cc1ncc(-c2ccccc2)[nH]1.I. The highest BCUT2D eigenvalue weighted by atomic mass is 127. The first-order valence-corrected chi connectivity index (χ1v) is 9.36. The first-order valence-electron chi connectivity index (χ1n) is 9.36. The molecule has 0 fully saturated rings. The van der Waals surface area contributed by atoms with Gasteiger partial charge >= 0.3 is 0 Å². The molecule has 0 aliphatic rings. The number of aromatic nitrogens is 3. The van der Waals surface area contributed by atoms with Gasteiger partial charge in [-0.3, -0.25) is 14.8 Å². The zero-order chi connectivity index (χ0) is 20.5. The Kier molecular flexibility index (Phi) is 9.26. The van der Waals surface area contributed by atoms with Gasteiger partial charge in [-0.25, -0.2) is 4.98 Å². The van der Waals surface area contributed by atoms with Crippen LogP contribution >= 0.6 is 24.0 Å². The van der Waals surface area contributed by atoms with Crippen molar-refractivity contribution in [2.45, 2.75) is 6.54 Å². The number of nitrogens with zero attached hydrogens (tertiary/aromatic N) is 4. The van der Waals surface area contributed by atoms with Gasteiger partial charge in [0.05, 0.1) is 24.0 Å². The topological polar surface area (TPSA) is 98.3 Å². The Labute approximate surface area is 193 Å². The van der Waals surface area contributed by atoms with E-state index in [2.05, 4.69) is 30.6 Å². The van der Waals surface area contributed by atoms with Crippen LogP contribution in [0.4, 0.5) is 0 Å². The van der Waals surface area contributed by atoms with E-state index >= 15 is 0 Å². The molecule has 3 aromatic rings. The van der Waals surface area contributed by atoms with Crippen LogP contribution in [0, 0.1) is 0 Å². The van der Waals surface area contributed by atoms with Gasteiger partial charge in [-0.05, 0) is 17.7 Å². The van der Waals surface area contributed by atoms with Crippen LogP contribution in [-0.2, 0) is 6.54 Å². The van der Waals surface area contributed by atoms with Gasteiger partial charge in [0.2, 0.25) is 0 Å². The Morgan fingerprint density at radius 3 is 2.57 bits per heavy atom. The van der Waals surface area contributed by atoms with Gasteiger partial charge in [0.25, 0.3) is 5.91 Å². The van der Waals surface area contributed by atoms with E-state index in [4.69, 9.17) is 0 Å². The molecule has 158 valence electrons. The number of rotatable bonds is 7. The Bertz CT molecular complexity index is 944. The molecule has 2 heterocycles. The molecule has 0 aliphatic heterocycles. The summed E-state index contributed by atoms with van der Waals surface area (Å²) >= 11 is 0. The van der Waals surface area contributed by atoms with Crippen molar-refractivity contribution in [2.75, 3.05) is 27.2 Å². The van der Waals surface area contributed by atoms with Crippen LogP contribution < -0.4 is 10.6 Å². The molecule has 0 radical (unpaired) electrons. The number of carbonyl (C=O) groups excluding carboxylic acids is 1. The number of hydrogen-bond donors (Lipinski definition) is 3. The number of halogens is 1. The first-order chi connectivity index (χ1) is 14.2. The number of H-pyrrole nitrogens is 1. The molecule has 0 saturated carbocycles. The summed E-state index contributed by atoms with van der Waals surface area (Å²) in [6, 6.07) is 13.5. The third-order valence-electron chi connectivity index (χ3n) is 4.29. The smallest absolute Gasteiger partial charge is 0.252 e. The lowest BCUT2D eigenvalue weighted by atomic mass is 10.2. The fraction of sp³-hybridized carbons (Fsp3) is 0.238. The molecule has 3 rings (SSSR count). The molecule has 3 N–H and O–H groups in total. The molecule has 1 aromatic carbocycles. The van der Waals surface area contributed by atoms with E-state index in [-0.39, 0.29) is 29.9 Å². The molecule has 0 spiro atoms. The van der Waals surface area contributed by atoms with Crippen LogP contribution in [0.2, 0.25) is 0 Å². The molecule has 0 atom stereocenters. The highest BCUT2D eigenvalue weighted by molar-refractivity contribution is 14.0. The van der Waals surface area contributed by atoms with Gasteiger partial charge in [-0.15, -0.1) is 24.0 Å². The van der Waals surface area contributed by atoms with E-state index in [1.54, 1.807) is 31.6 Å². The predicted octanol–water partition coefficient (Wildman–Crippen LogP) is 2.53. The second-order valence-electron chi connectivity index (χ2n) is 6.44. The molecular formula is C21H26IN7O. The summed E-state index contributed by atoms with van der Waals surface area (Å²) in [7, 11) is 3.67. The minimum Gasteiger partial charge on any atom is -0.354 e. The number of amides is 1. The quantitative estimate of drug-likeness (QED) is 0.193. The number of guanidine groups is 1. The maximum Gasteiger partial charge on any atom is 0.252 e. The van der Waals surface area contributed by atoms with Crippen LogP contribution in [-0.4, -0.2) is 58.9 Å². The highest BCUT2D eigenvalue weighted by Crippen LogP contribution is 2.16. The molecule has 0 bridgehead atoms. The maximum absolute atomic E-state index is 12.0. The lowest BCUT2D eigenvalue weighted by Gasteiger charge is -2.21. The van der Waals surface area contributed by atoms with Gasteiger partial charge in [0.15, 0.2) is 5.96 Å². The van der Waals surface area contributed by atoms with Crippen molar-refractivity contribution in [3.05, 3.63) is 72.4 Å². The minimum atomic E-state index is -0.146. The van der Waals surface area contributed by atoms with Crippen molar-refractivity contribution >= 4 is 35.8 Å². The summed E-state index contributed by atoms with van der Waals surface area (Å²) in [4.78, 5) is 30.0. The molecule has 8 nitrogen and oxygen atoms in total. The van der Waals surface area contributed by atoms with Gasteiger partial charge in [0.1, 0.15) is 5.82 Å².